The summed E-state index contributed by atoms with van der Waals surface area (Å²) in [7, 11) is 5.58. The van der Waals surface area contributed by atoms with E-state index in [2.05, 4.69) is 0 Å². The number of halogens is 1. The van der Waals surface area contributed by atoms with Crippen LogP contribution >= 0.6 is 23.7 Å². The number of benzene rings is 2. The first-order chi connectivity index (χ1) is 16.8. The van der Waals surface area contributed by atoms with E-state index in [4.69, 9.17) is 23.9 Å². The molecule has 0 bridgehead atoms. The Morgan fingerprint density at radius 1 is 0.944 bits per heavy atom. The number of rotatable bonds is 12. The number of hydrogen-bond donors (Lipinski definition) is 0. The molecule has 0 saturated heterocycles. The van der Waals surface area contributed by atoms with E-state index in [1.165, 1.54) is 11.3 Å². The Kier molecular flexibility index (Phi) is 11.1. The second-order valence-electron chi connectivity index (χ2n) is 8.12. The molecule has 0 spiro atoms. The minimum Gasteiger partial charge on any atom is -0.494 e. The van der Waals surface area contributed by atoms with Crippen molar-refractivity contribution in [2.75, 3.05) is 59.0 Å². The zero-order chi connectivity index (χ0) is 25.5. The zero-order valence-electron chi connectivity index (χ0n) is 22.0. The Balaban J connectivity index is 0.00000456. The Labute approximate surface area is 223 Å². The van der Waals surface area contributed by atoms with Crippen LogP contribution in [-0.4, -0.2) is 69.9 Å². The molecule has 36 heavy (non-hydrogen) atoms. The molecule has 1 aromatic heterocycles. The number of fused-ring (bicyclic) bond motifs is 1. The largest absolute Gasteiger partial charge is 0.494 e. The van der Waals surface area contributed by atoms with Crippen LogP contribution in [0.2, 0.25) is 0 Å². The van der Waals surface area contributed by atoms with Gasteiger partial charge in [-0.1, -0.05) is 17.4 Å². The van der Waals surface area contributed by atoms with E-state index in [1.807, 2.05) is 58.8 Å². The van der Waals surface area contributed by atoms with Crippen molar-refractivity contribution < 1.29 is 23.7 Å². The molecule has 198 valence electrons. The van der Waals surface area contributed by atoms with Gasteiger partial charge in [0.05, 0.1) is 31.6 Å². The second-order valence-corrected chi connectivity index (χ2v) is 9.10. The summed E-state index contributed by atoms with van der Waals surface area (Å²) in [6.45, 7) is 10.2. The van der Waals surface area contributed by atoms with Gasteiger partial charge in [0.2, 0.25) is 5.75 Å². The lowest BCUT2D eigenvalue weighted by atomic mass is 10.1. The van der Waals surface area contributed by atoms with Gasteiger partial charge in [-0.25, -0.2) is 4.98 Å². The smallest absolute Gasteiger partial charge is 0.260 e. The van der Waals surface area contributed by atoms with Crippen molar-refractivity contribution in [2.24, 2.45) is 0 Å². The van der Waals surface area contributed by atoms with Crippen molar-refractivity contribution in [1.29, 1.82) is 0 Å². The highest BCUT2D eigenvalue weighted by Gasteiger charge is 2.26. The molecular formula is C26H36ClN3O5S. The number of anilines is 1. The molecule has 0 radical (unpaired) electrons. The van der Waals surface area contributed by atoms with Gasteiger partial charge in [-0.05, 0) is 65.6 Å². The number of nitrogens with zero attached hydrogens (tertiary/aromatic N) is 3. The van der Waals surface area contributed by atoms with Gasteiger partial charge in [-0.15, -0.1) is 12.4 Å². The number of aryl methyl sites for hydroxylation is 1. The number of amides is 1. The third-order valence-corrected chi connectivity index (χ3v) is 6.53. The maximum atomic E-state index is 13.9. The van der Waals surface area contributed by atoms with Crippen molar-refractivity contribution in [3.8, 4) is 23.0 Å². The first kappa shape index (κ1) is 29.5. The first-order valence-electron chi connectivity index (χ1n) is 11.8. The molecule has 0 aliphatic rings. The topological polar surface area (TPSA) is 73.4 Å². The Morgan fingerprint density at radius 3 is 2.08 bits per heavy atom. The molecule has 0 aliphatic carbocycles. The third-order valence-electron chi connectivity index (χ3n) is 5.32. The molecular weight excluding hydrogens is 502 g/mol. The lowest BCUT2D eigenvalue weighted by Crippen LogP contribution is -2.36. The maximum Gasteiger partial charge on any atom is 0.260 e. The molecule has 3 rings (SSSR count). The highest BCUT2D eigenvalue weighted by Crippen LogP contribution is 2.41. The molecule has 1 amide bonds. The van der Waals surface area contributed by atoms with Gasteiger partial charge in [0.15, 0.2) is 16.6 Å². The normalized spacial score (nSPS) is 10.8. The summed E-state index contributed by atoms with van der Waals surface area (Å²) >= 11 is 1.48. The van der Waals surface area contributed by atoms with Crippen molar-refractivity contribution in [3.05, 3.63) is 35.4 Å². The van der Waals surface area contributed by atoms with Gasteiger partial charge >= 0.3 is 0 Å². The van der Waals surface area contributed by atoms with Crippen molar-refractivity contribution in [1.82, 2.24) is 9.88 Å². The lowest BCUT2D eigenvalue weighted by molar-refractivity contribution is 0.0984. The molecule has 2 aromatic carbocycles. The van der Waals surface area contributed by atoms with E-state index in [-0.39, 0.29) is 18.3 Å². The predicted octanol–water partition coefficient (Wildman–Crippen LogP) is 5.44. The number of methoxy groups -OCH3 is 1. The fourth-order valence-corrected chi connectivity index (χ4v) is 4.71. The average Bonchev–Trinajstić information content (AvgIpc) is 3.27. The van der Waals surface area contributed by atoms with Crippen LogP contribution in [0.15, 0.2) is 24.3 Å². The van der Waals surface area contributed by atoms with Gasteiger partial charge in [0.25, 0.3) is 5.91 Å². The summed E-state index contributed by atoms with van der Waals surface area (Å²) in [5, 5.41) is 0.615. The van der Waals surface area contributed by atoms with Gasteiger partial charge in [0.1, 0.15) is 11.3 Å². The second kappa shape index (κ2) is 13.5. The van der Waals surface area contributed by atoms with Crippen LogP contribution in [0.4, 0.5) is 5.13 Å². The molecule has 8 nitrogen and oxygen atoms in total. The molecule has 0 atom stereocenters. The summed E-state index contributed by atoms with van der Waals surface area (Å²) in [5.74, 6) is 1.97. The Morgan fingerprint density at radius 2 is 1.56 bits per heavy atom. The molecule has 10 heteroatoms. The lowest BCUT2D eigenvalue weighted by Gasteiger charge is -2.23. The van der Waals surface area contributed by atoms with Gasteiger partial charge < -0.3 is 23.8 Å². The summed E-state index contributed by atoms with van der Waals surface area (Å²) < 4.78 is 24.0. The van der Waals surface area contributed by atoms with E-state index in [0.717, 1.165) is 15.8 Å². The van der Waals surface area contributed by atoms with Gasteiger partial charge in [-0.2, -0.15) is 0 Å². The van der Waals surface area contributed by atoms with E-state index >= 15 is 0 Å². The maximum absolute atomic E-state index is 13.9. The Bertz CT molecular complexity index is 1140. The minimum absolute atomic E-state index is 0. The molecule has 0 saturated carbocycles. The third kappa shape index (κ3) is 6.52. The van der Waals surface area contributed by atoms with Crippen LogP contribution in [0, 0.1) is 6.92 Å². The molecule has 0 N–H and O–H groups in total. The summed E-state index contributed by atoms with van der Waals surface area (Å²) in [6, 6.07) is 7.36. The van der Waals surface area contributed by atoms with E-state index in [1.54, 1.807) is 24.1 Å². The monoisotopic (exact) mass is 537 g/mol. The van der Waals surface area contributed by atoms with Crippen LogP contribution in [0.25, 0.3) is 10.2 Å². The molecule has 0 fully saturated rings. The number of thiazole rings is 1. The van der Waals surface area contributed by atoms with E-state index < -0.39 is 0 Å². The quantitative estimate of drug-likeness (QED) is 0.304. The number of ether oxygens (including phenoxy) is 4. The zero-order valence-corrected chi connectivity index (χ0v) is 23.7. The first-order valence-corrected chi connectivity index (χ1v) is 12.6. The van der Waals surface area contributed by atoms with Gasteiger partial charge in [-0.3, -0.25) is 9.69 Å². The van der Waals surface area contributed by atoms with Crippen LogP contribution in [-0.2, 0) is 0 Å². The number of likely N-dealkylation sites (N-methyl/N-ethyl adjacent to an activating group) is 1. The standard InChI is InChI=1S/C26H35N3O5S.ClH/c1-8-32-20-15-18(16-21(33-9-2)23(20)34-10-3)25(30)29(14-13-28(5)6)26-27-22-19(31-7)12-11-17(4)24(22)35-26;/h11-12,15-16H,8-10,13-14H2,1-7H3;1H. The summed E-state index contributed by atoms with van der Waals surface area (Å²) in [6.07, 6.45) is 0. The molecule has 1 heterocycles. The molecule has 0 unspecified atom stereocenters. The Hall–Kier alpha value is -2.75. The number of hydrogen-bond acceptors (Lipinski definition) is 8. The van der Waals surface area contributed by atoms with Gasteiger partial charge in [0, 0.05) is 18.7 Å². The highest BCUT2D eigenvalue weighted by molar-refractivity contribution is 7.22. The van der Waals surface area contributed by atoms with Crippen molar-refractivity contribution in [3.63, 3.8) is 0 Å². The number of carbonyl (C=O) groups excluding carboxylic acids is 1. The van der Waals surface area contributed by atoms with Crippen LogP contribution < -0.4 is 23.8 Å². The van der Waals surface area contributed by atoms with E-state index in [9.17, 15) is 4.79 Å². The fraction of sp³-hybridized carbons (Fsp3) is 0.462. The number of aromatic nitrogens is 1. The minimum atomic E-state index is -0.188. The highest BCUT2D eigenvalue weighted by atomic mass is 35.5. The molecule has 0 aliphatic heterocycles. The average molecular weight is 538 g/mol. The van der Waals surface area contributed by atoms with E-state index in [0.29, 0.717) is 66.6 Å². The van der Waals surface area contributed by atoms with Crippen LogP contribution in [0.1, 0.15) is 36.7 Å². The fourth-order valence-electron chi connectivity index (χ4n) is 3.63. The SMILES string of the molecule is CCOc1cc(C(=O)N(CCN(C)C)c2nc3c(OC)ccc(C)c3s2)cc(OCC)c1OCC.Cl. The molecule has 3 aromatic rings. The predicted molar refractivity (Wildman–Crippen MR) is 148 cm³/mol. The van der Waals surface area contributed by atoms with Crippen molar-refractivity contribution in [2.45, 2.75) is 27.7 Å². The number of carbonyl (C=O) groups is 1. The summed E-state index contributed by atoms with van der Waals surface area (Å²) in [4.78, 5) is 22.5. The van der Waals surface area contributed by atoms with Crippen molar-refractivity contribution >= 4 is 45.0 Å². The summed E-state index contributed by atoms with van der Waals surface area (Å²) in [5.41, 5.74) is 2.29. The van der Waals surface area contributed by atoms with Crippen LogP contribution in [0.3, 0.4) is 0 Å². The van der Waals surface area contributed by atoms with Crippen LogP contribution in [0.5, 0.6) is 23.0 Å².